The second kappa shape index (κ2) is 8.16. The van der Waals surface area contributed by atoms with Gasteiger partial charge >= 0.3 is 0 Å². The maximum atomic E-state index is 12.3. The van der Waals surface area contributed by atoms with Crippen molar-refractivity contribution in [2.24, 2.45) is 0 Å². The first-order valence-electron chi connectivity index (χ1n) is 7.09. The molecule has 0 saturated heterocycles. The molecule has 0 fully saturated rings. The highest BCUT2D eigenvalue weighted by Gasteiger charge is 2.14. The number of ketones is 1. The average Bonchev–Trinajstić information content (AvgIpc) is 2.61. The molecule has 0 bridgehead atoms. The first-order valence-corrected chi connectivity index (χ1v) is 7.47. The highest BCUT2D eigenvalue weighted by molar-refractivity contribution is 6.30. The molecule has 0 unspecified atom stereocenters. The minimum Gasteiger partial charge on any atom is -0.497 e. The molecule has 130 valence electrons. The predicted molar refractivity (Wildman–Crippen MR) is 94.7 cm³/mol. The Labute approximate surface area is 149 Å². The van der Waals surface area contributed by atoms with E-state index in [9.17, 15) is 14.9 Å². The third-order valence-corrected chi connectivity index (χ3v) is 3.54. The number of benzene rings is 2. The van der Waals surface area contributed by atoms with Crippen LogP contribution in [0.15, 0.2) is 48.7 Å². The number of hydrogen-bond donors (Lipinski definition) is 1. The van der Waals surface area contributed by atoms with Crippen LogP contribution in [0.1, 0.15) is 10.4 Å². The van der Waals surface area contributed by atoms with E-state index in [0.29, 0.717) is 17.1 Å². The fourth-order valence-corrected chi connectivity index (χ4v) is 2.24. The number of ether oxygens (including phenoxy) is 2. The highest BCUT2D eigenvalue weighted by Crippen LogP contribution is 2.28. The summed E-state index contributed by atoms with van der Waals surface area (Å²) in [4.78, 5) is 22.7. The molecule has 0 saturated carbocycles. The second-order valence-electron chi connectivity index (χ2n) is 4.83. The van der Waals surface area contributed by atoms with Gasteiger partial charge in [-0.25, -0.2) is 0 Å². The monoisotopic (exact) mass is 362 g/mol. The van der Waals surface area contributed by atoms with Crippen molar-refractivity contribution < 1.29 is 19.2 Å². The van der Waals surface area contributed by atoms with Gasteiger partial charge < -0.3 is 14.8 Å². The molecule has 2 aromatic carbocycles. The van der Waals surface area contributed by atoms with Gasteiger partial charge in [0.1, 0.15) is 17.2 Å². The standard InChI is InChI=1S/C17H15ClN2O5/c1-24-12-4-5-13(17(10-12)25-2)16(21)7-8-19-14-6-3-11(18)9-15(14)20(22)23/h3-10,19H,1-2H3/b8-7+. The van der Waals surface area contributed by atoms with Crippen LogP contribution in [-0.2, 0) is 0 Å². The van der Waals surface area contributed by atoms with Crippen LogP contribution in [-0.4, -0.2) is 24.9 Å². The summed E-state index contributed by atoms with van der Waals surface area (Å²) in [6.45, 7) is 0. The van der Waals surface area contributed by atoms with Gasteiger partial charge in [-0.3, -0.25) is 14.9 Å². The molecule has 2 aromatic rings. The van der Waals surface area contributed by atoms with Gasteiger partial charge in [-0.15, -0.1) is 0 Å². The van der Waals surface area contributed by atoms with Crippen LogP contribution in [0.2, 0.25) is 5.02 Å². The third kappa shape index (κ3) is 4.48. The van der Waals surface area contributed by atoms with Gasteiger partial charge in [0.25, 0.3) is 5.69 Å². The number of nitrogens with zero attached hydrogens (tertiary/aromatic N) is 1. The Morgan fingerprint density at radius 3 is 2.60 bits per heavy atom. The van der Waals surface area contributed by atoms with Crippen molar-refractivity contribution in [3.63, 3.8) is 0 Å². The summed E-state index contributed by atoms with van der Waals surface area (Å²) in [6.07, 6.45) is 2.57. The SMILES string of the molecule is COc1ccc(C(=O)/C=C/Nc2ccc(Cl)cc2[N+](=O)[O-])c(OC)c1. The molecule has 0 aliphatic heterocycles. The predicted octanol–water partition coefficient (Wildman–Crippen LogP) is 4.07. The first kappa shape index (κ1) is 18.3. The molecule has 0 aromatic heterocycles. The van der Waals surface area contributed by atoms with Crippen molar-refractivity contribution in [1.29, 1.82) is 0 Å². The van der Waals surface area contributed by atoms with Gasteiger partial charge in [0.05, 0.1) is 24.7 Å². The zero-order valence-electron chi connectivity index (χ0n) is 13.5. The summed E-state index contributed by atoms with van der Waals surface area (Å²) in [5.41, 5.74) is 0.374. The molecule has 0 heterocycles. The van der Waals surface area contributed by atoms with E-state index in [0.717, 1.165) is 0 Å². The fourth-order valence-electron chi connectivity index (χ4n) is 2.08. The van der Waals surface area contributed by atoms with Gasteiger partial charge in [0, 0.05) is 29.4 Å². The van der Waals surface area contributed by atoms with Crippen LogP contribution in [0, 0.1) is 10.1 Å². The lowest BCUT2D eigenvalue weighted by Gasteiger charge is -2.08. The van der Waals surface area contributed by atoms with E-state index in [4.69, 9.17) is 21.1 Å². The third-order valence-electron chi connectivity index (χ3n) is 3.30. The van der Waals surface area contributed by atoms with E-state index in [-0.39, 0.29) is 22.2 Å². The molecular formula is C17H15ClN2O5. The summed E-state index contributed by atoms with van der Waals surface area (Å²) >= 11 is 5.76. The molecule has 7 nitrogen and oxygen atoms in total. The number of anilines is 1. The van der Waals surface area contributed by atoms with Crippen molar-refractivity contribution in [1.82, 2.24) is 0 Å². The molecule has 0 radical (unpaired) electrons. The van der Waals surface area contributed by atoms with Gasteiger partial charge in [-0.1, -0.05) is 11.6 Å². The first-order chi connectivity index (χ1) is 12.0. The van der Waals surface area contributed by atoms with Crippen LogP contribution in [0.5, 0.6) is 11.5 Å². The molecule has 0 atom stereocenters. The maximum Gasteiger partial charge on any atom is 0.294 e. The summed E-state index contributed by atoms with van der Waals surface area (Å²) in [6, 6.07) is 9.02. The number of nitrogens with one attached hydrogen (secondary N) is 1. The number of allylic oxidation sites excluding steroid dienone is 1. The van der Waals surface area contributed by atoms with Crippen molar-refractivity contribution >= 4 is 28.8 Å². The Bertz CT molecular complexity index is 836. The number of rotatable bonds is 7. The van der Waals surface area contributed by atoms with E-state index >= 15 is 0 Å². The van der Waals surface area contributed by atoms with Gasteiger partial charge in [0.15, 0.2) is 5.78 Å². The topological polar surface area (TPSA) is 90.7 Å². The lowest BCUT2D eigenvalue weighted by molar-refractivity contribution is -0.383. The minimum absolute atomic E-state index is 0.188. The van der Waals surface area contributed by atoms with E-state index < -0.39 is 4.92 Å². The summed E-state index contributed by atoms with van der Waals surface area (Å²) in [5.74, 6) is 0.599. The summed E-state index contributed by atoms with van der Waals surface area (Å²) in [7, 11) is 2.96. The van der Waals surface area contributed by atoms with Crippen molar-refractivity contribution in [2.45, 2.75) is 0 Å². The van der Waals surface area contributed by atoms with Crippen LogP contribution >= 0.6 is 11.6 Å². The van der Waals surface area contributed by atoms with E-state index in [1.807, 2.05) is 0 Å². The van der Waals surface area contributed by atoms with Gasteiger partial charge in [-0.05, 0) is 24.3 Å². The van der Waals surface area contributed by atoms with Gasteiger partial charge in [0.2, 0.25) is 0 Å². The van der Waals surface area contributed by atoms with Crippen LogP contribution < -0.4 is 14.8 Å². The Balaban J connectivity index is 2.18. The molecule has 2 rings (SSSR count). The lowest BCUT2D eigenvalue weighted by Crippen LogP contribution is -2.01. The van der Waals surface area contributed by atoms with Crippen molar-refractivity contribution in [3.8, 4) is 11.5 Å². The number of halogens is 1. The quantitative estimate of drug-likeness (QED) is 0.345. The lowest BCUT2D eigenvalue weighted by atomic mass is 10.1. The Morgan fingerprint density at radius 2 is 1.96 bits per heavy atom. The van der Waals surface area contributed by atoms with Crippen molar-refractivity contribution in [3.05, 3.63) is 69.4 Å². The zero-order chi connectivity index (χ0) is 18.4. The zero-order valence-corrected chi connectivity index (χ0v) is 14.2. The average molecular weight is 363 g/mol. The van der Waals surface area contributed by atoms with Crippen LogP contribution in [0.4, 0.5) is 11.4 Å². The number of hydrogen-bond acceptors (Lipinski definition) is 6. The Kier molecular flexibility index (Phi) is 5.97. The second-order valence-corrected chi connectivity index (χ2v) is 5.26. The van der Waals surface area contributed by atoms with Crippen LogP contribution in [0.25, 0.3) is 0 Å². The molecule has 0 aliphatic rings. The Hall–Kier alpha value is -3.06. The largest absolute Gasteiger partial charge is 0.497 e. The molecule has 25 heavy (non-hydrogen) atoms. The maximum absolute atomic E-state index is 12.3. The molecule has 0 spiro atoms. The Morgan fingerprint density at radius 1 is 1.20 bits per heavy atom. The van der Waals surface area contributed by atoms with Gasteiger partial charge in [-0.2, -0.15) is 0 Å². The molecule has 8 heteroatoms. The number of nitro benzene ring substituents is 1. The fraction of sp³-hybridized carbons (Fsp3) is 0.118. The molecule has 1 N–H and O–H groups in total. The highest BCUT2D eigenvalue weighted by atomic mass is 35.5. The van der Waals surface area contributed by atoms with E-state index in [1.165, 1.54) is 44.7 Å². The molecular weight excluding hydrogens is 348 g/mol. The summed E-state index contributed by atoms with van der Waals surface area (Å²) < 4.78 is 10.3. The molecule has 0 amide bonds. The number of carbonyl (C=O) groups is 1. The van der Waals surface area contributed by atoms with E-state index in [1.54, 1.807) is 18.2 Å². The normalized spacial score (nSPS) is 10.5. The number of carbonyl (C=O) groups excluding carboxylic acids is 1. The number of nitro groups is 1. The van der Waals surface area contributed by atoms with E-state index in [2.05, 4.69) is 5.32 Å². The van der Waals surface area contributed by atoms with Crippen molar-refractivity contribution in [2.75, 3.05) is 19.5 Å². The number of methoxy groups -OCH3 is 2. The smallest absolute Gasteiger partial charge is 0.294 e. The summed E-state index contributed by atoms with van der Waals surface area (Å²) in [5, 5.41) is 14.0. The van der Waals surface area contributed by atoms with Crippen LogP contribution in [0.3, 0.4) is 0 Å². The minimum atomic E-state index is -0.559. The molecule has 0 aliphatic carbocycles.